The number of unbranched alkanes of at least 4 members (excludes halogenated alkanes) is 2. The van der Waals surface area contributed by atoms with Crippen molar-refractivity contribution in [2.45, 2.75) is 52.6 Å². The fourth-order valence-corrected chi connectivity index (χ4v) is 4.07. The van der Waals surface area contributed by atoms with Gasteiger partial charge in [0.2, 0.25) is 0 Å². The van der Waals surface area contributed by atoms with Crippen LogP contribution in [0.25, 0.3) is 22.2 Å². The average Bonchev–Trinajstić information content (AvgIpc) is 3.08. The first-order chi connectivity index (χ1) is 14.8. The van der Waals surface area contributed by atoms with Gasteiger partial charge in [0.1, 0.15) is 0 Å². The standard InChI is InChI=1S/C25H29F3N2O/c1-4-7-8-12-21-20-11-9-10-13-22(20)30(24(31)29(5-2)6-3)23(21)18-14-16-19(17-15-18)25(26,27)28/h9-11,13-17H,4-8,12H2,1-3H3. The van der Waals surface area contributed by atoms with Crippen molar-refractivity contribution in [2.75, 3.05) is 13.1 Å². The average molecular weight is 431 g/mol. The van der Waals surface area contributed by atoms with Crippen LogP contribution in [-0.4, -0.2) is 28.6 Å². The van der Waals surface area contributed by atoms with E-state index < -0.39 is 11.7 Å². The molecule has 1 aromatic heterocycles. The number of alkyl halides is 3. The molecular formula is C25H29F3N2O. The highest BCUT2D eigenvalue weighted by Crippen LogP contribution is 2.37. The molecule has 1 heterocycles. The molecule has 0 aliphatic rings. The first-order valence-corrected chi connectivity index (χ1v) is 10.9. The SMILES string of the molecule is CCCCCc1c(-c2ccc(C(F)(F)F)cc2)n(C(=O)N(CC)CC)c2ccccc12. The maximum absolute atomic E-state index is 13.5. The molecule has 0 spiro atoms. The third-order valence-electron chi connectivity index (χ3n) is 5.72. The Morgan fingerprint density at radius 2 is 1.58 bits per heavy atom. The molecule has 0 atom stereocenters. The number of hydrogen-bond donors (Lipinski definition) is 0. The highest BCUT2D eigenvalue weighted by molar-refractivity contribution is 6.00. The number of hydrogen-bond acceptors (Lipinski definition) is 1. The minimum absolute atomic E-state index is 0.155. The van der Waals surface area contributed by atoms with Crippen molar-refractivity contribution in [2.24, 2.45) is 0 Å². The molecule has 0 aliphatic heterocycles. The molecule has 0 aliphatic carbocycles. The lowest BCUT2D eigenvalue weighted by molar-refractivity contribution is -0.137. The second-order valence-corrected chi connectivity index (χ2v) is 7.67. The number of para-hydroxylation sites is 1. The summed E-state index contributed by atoms with van der Waals surface area (Å²) in [5.41, 5.74) is 2.44. The number of nitrogens with zero attached hydrogens (tertiary/aromatic N) is 2. The van der Waals surface area contributed by atoms with Crippen LogP contribution in [0.3, 0.4) is 0 Å². The second-order valence-electron chi connectivity index (χ2n) is 7.67. The molecule has 0 radical (unpaired) electrons. The van der Waals surface area contributed by atoms with Crippen LogP contribution in [0, 0.1) is 0 Å². The van der Waals surface area contributed by atoms with E-state index in [0.717, 1.165) is 54.3 Å². The minimum Gasteiger partial charge on any atom is -0.325 e. The zero-order valence-corrected chi connectivity index (χ0v) is 18.3. The molecule has 1 amide bonds. The molecule has 0 fully saturated rings. The van der Waals surface area contributed by atoms with Gasteiger partial charge in [0.15, 0.2) is 0 Å². The summed E-state index contributed by atoms with van der Waals surface area (Å²) in [7, 11) is 0. The van der Waals surface area contributed by atoms with Crippen molar-refractivity contribution in [1.82, 2.24) is 9.47 Å². The molecule has 2 aromatic carbocycles. The molecule has 0 N–H and O–H groups in total. The number of halogens is 3. The van der Waals surface area contributed by atoms with E-state index in [9.17, 15) is 18.0 Å². The summed E-state index contributed by atoms with van der Waals surface area (Å²) in [5, 5.41) is 0.981. The molecule has 0 unspecified atom stereocenters. The van der Waals surface area contributed by atoms with Crippen molar-refractivity contribution in [3.8, 4) is 11.3 Å². The first-order valence-electron chi connectivity index (χ1n) is 10.9. The Hall–Kier alpha value is -2.76. The molecule has 3 nitrogen and oxygen atoms in total. The fraction of sp³-hybridized carbons (Fsp3) is 0.400. The summed E-state index contributed by atoms with van der Waals surface area (Å²) in [5.74, 6) is 0. The van der Waals surface area contributed by atoms with E-state index in [-0.39, 0.29) is 6.03 Å². The van der Waals surface area contributed by atoms with E-state index in [0.29, 0.717) is 24.3 Å². The van der Waals surface area contributed by atoms with Gasteiger partial charge in [0.05, 0.1) is 16.8 Å². The topological polar surface area (TPSA) is 25.2 Å². The van der Waals surface area contributed by atoms with Crippen molar-refractivity contribution in [3.63, 3.8) is 0 Å². The summed E-state index contributed by atoms with van der Waals surface area (Å²) in [6.45, 7) is 7.09. The van der Waals surface area contributed by atoms with Crippen molar-refractivity contribution in [1.29, 1.82) is 0 Å². The normalized spacial score (nSPS) is 11.8. The molecule has 31 heavy (non-hydrogen) atoms. The molecule has 166 valence electrons. The highest BCUT2D eigenvalue weighted by atomic mass is 19.4. The van der Waals surface area contributed by atoms with Gasteiger partial charge in [-0.25, -0.2) is 4.79 Å². The smallest absolute Gasteiger partial charge is 0.325 e. The summed E-state index contributed by atoms with van der Waals surface area (Å²) < 4.78 is 41.0. The van der Waals surface area contributed by atoms with Crippen LogP contribution in [0.4, 0.5) is 18.0 Å². The van der Waals surface area contributed by atoms with E-state index in [1.165, 1.54) is 12.1 Å². The fourth-order valence-electron chi connectivity index (χ4n) is 4.07. The van der Waals surface area contributed by atoms with E-state index >= 15 is 0 Å². The zero-order valence-electron chi connectivity index (χ0n) is 18.3. The Morgan fingerprint density at radius 1 is 0.935 bits per heavy atom. The van der Waals surface area contributed by atoms with E-state index in [4.69, 9.17) is 0 Å². The number of aryl methyl sites for hydroxylation is 1. The van der Waals surface area contributed by atoms with Gasteiger partial charge in [0.25, 0.3) is 0 Å². The molecule has 3 rings (SSSR count). The Labute approximate surface area is 181 Å². The van der Waals surface area contributed by atoms with Crippen molar-refractivity contribution in [3.05, 3.63) is 59.7 Å². The number of carbonyl (C=O) groups is 1. The Morgan fingerprint density at radius 3 is 2.16 bits per heavy atom. The highest BCUT2D eigenvalue weighted by Gasteiger charge is 2.31. The molecule has 0 saturated carbocycles. The van der Waals surface area contributed by atoms with E-state index in [1.54, 1.807) is 9.47 Å². The number of fused-ring (bicyclic) bond motifs is 1. The van der Waals surface area contributed by atoms with E-state index in [2.05, 4.69) is 6.92 Å². The minimum atomic E-state index is -4.40. The van der Waals surface area contributed by atoms with Gasteiger partial charge in [0, 0.05) is 18.5 Å². The van der Waals surface area contributed by atoms with Gasteiger partial charge in [-0.05, 0) is 56.0 Å². The number of carbonyl (C=O) groups excluding carboxylic acids is 1. The van der Waals surface area contributed by atoms with Crippen LogP contribution < -0.4 is 0 Å². The van der Waals surface area contributed by atoms with Gasteiger partial charge < -0.3 is 4.90 Å². The van der Waals surface area contributed by atoms with Crippen LogP contribution in [0.5, 0.6) is 0 Å². The van der Waals surface area contributed by atoms with Crippen LogP contribution in [0.15, 0.2) is 48.5 Å². The van der Waals surface area contributed by atoms with E-state index in [1.807, 2.05) is 38.1 Å². The third-order valence-corrected chi connectivity index (χ3v) is 5.72. The van der Waals surface area contributed by atoms with Gasteiger partial charge in [-0.15, -0.1) is 0 Å². The van der Waals surface area contributed by atoms with Crippen LogP contribution in [-0.2, 0) is 12.6 Å². The van der Waals surface area contributed by atoms with Gasteiger partial charge in [-0.1, -0.05) is 50.1 Å². The Kier molecular flexibility index (Phi) is 7.08. The Bertz CT molecular complexity index is 1030. The number of aromatic nitrogens is 1. The Balaban J connectivity index is 2.26. The number of rotatable bonds is 7. The van der Waals surface area contributed by atoms with Crippen LogP contribution in [0.2, 0.25) is 0 Å². The maximum Gasteiger partial charge on any atom is 0.416 e. The molecule has 3 aromatic rings. The third kappa shape index (κ3) is 4.63. The van der Waals surface area contributed by atoms with Crippen molar-refractivity contribution < 1.29 is 18.0 Å². The summed E-state index contributed by atoms with van der Waals surface area (Å²) in [6.07, 6.45) is -0.560. The lowest BCUT2D eigenvalue weighted by atomic mass is 9.99. The summed E-state index contributed by atoms with van der Waals surface area (Å²) >= 11 is 0. The quantitative estimate of drug-likeness (QED) is 0.359. The van der Waals surface area contributed by atoms with Gasteiger partial charge >= 0.3 is 12.2 Å². The lowest BCUT2D eigenvalue weighted by Crippen LogP contribution is -2.34. The maximum atomic E-state index is 13.5. The monoisotopic (exact) mass is 430 g/mol. The first kappa shape index (κ1) is 22.9. The predicted octanol–water partition coefficient (Wildman–Crippen LogP) is 7.37. The summed E-state index contributed by atoms with van der Waals surface area (Å²) in [6, 6.07) is 12.7. The molecule has 0 saturated heterocycles. The van der Waals surface area contributed by atoms with Gasteiger partial charge in [-0.3, -0.25) is 4.57 Å². The lowest BCUT2D eigenvalue weighted by Gasteiger charge is -2.22. The van der Waals surface area contributed by atoms with Crippen LogP contribution >= 0.6 is 0 Å². The number of benzene rings is 2. The largest absolute Gasteiger partial charge is 0.416 e. The van der Waals surface area contributed by atoms with Crippen molar-refractivity contribution >= 4 is 16.9 Å². The zero-order chi connectivity index (χ0) is 22.6. The van der Waals surface area contributed by atoms with Crippen LogP contribution in [0.1, 0.15) is 51.2 Å². The summed E-state index contributed by atoms with van der Waals surface area (Å²) in [4.78, 5) is 15.2. The number of amides is 1. The predicted molar refractivity (Wildman–Crippen MR) is 119 cm³/mol. The van der Waals surface area contributed by atoms with Gasteiger partial charge in [-0.2, -0.15) is 13.2 Å². The molecular weight excluding hydrogens is 401 g/mol. The molecule has 6 heteroatoms. The molecule has 0 bridgehead atoms. The second kappa shape index (κ2) is 9.58.